The maximum absolute atomic E-state index is 4.02. The molecular weight excluding hydrogens is 216 g/mol. The molecule has 0 saturated heterocycles. The Morgan fingerprint density at radius 1 is 0.889 bits per heavy atom. The third kappa shape index (κ3) is 2.96. The zero-order valence-corrected chi connectivity index (χ0v) is 13.1. The average Bonchev–Trinajstić information content (AvgIpc) is 2.37. The fourth-order valence-corrected chi connectivity index (χ4v) is 2.28. The Kier molecular flexibility index (Phi) is 4.64. The van der Waals surface area contributed by atoms with Gasteiger partial charge in [0.2, 0.25) is 0 Å². The molecule has 0 saturated carbocycles. The van der Waals surface area contributed by atoms with E-state index in [1.54, 1.807) is 0 Å². The van der Waals surface area contributed by atoms with Crippen molar-refractivity contribution < 1.29 is 0 Å². The van der Waals surface area contributed by atoms with E-state index in [2.05, 4.69) is 66.7 Å². The molecule has 0 bridgehead atoms. The van der Waals surface area contributed by atoms with E-state index in [-0.39, 0.29) is 10.8 Å². The summed E-state index contributed by atoms with van der Waals surface area (Å²) in [5, 5.41) is 0. The summed E-state index contributed by atoms with van der Waals surface area (Å²) in [6, 6.07) is 6.95. The Morgan fingerprint density at radius 2 is 1.39 bits per heavy atom. The first kappa shape index (κ1) is 15.3. The van der Waals surface area contributed by atoms with E-state index in [4.69, 9.17) is 0 Å². The Balaban J connectivity index is 3.43. The smallest absolute Gasteiger partial charge is 0.0103 e. The Morgan fingerprint density at radius 3 is 1.83 bits per heavy atom. The standard InChI is InChI=1S/C18H29/c1-8-14-11-12-15(17(4,5)9-2)16(13-14)18(6,7)10-3/h11-13H,1,8-10H2,2-7H3. The van der Waals surface area contributed by atoms with Crippen LogP contribution in [0.5, 0.6) is 0 Å². The fraction of sp³-hybridized carbons (Fsp3) is 0.611. The molecule has 0 nitrogen and oxygen atoms in total. The lowest BCUT2D eigenvalue weighted by molar-refractivity contribution is 0.455. The van der Waals surface area contributed by atoms with Gasteiger partial charge < -0.3 is 0 Å². The predicted octanol–water partition coefficient (Wildman–Crippen LogP) is 5.44. The molecule has 0 N–H and O–H groups in total. The minimum absolute atomic E-state index is 0.243. The van der Waals surface area contributed by atoms with E-state index in [0.717, 1.165) is 6.42 Å². The van der Waals surface area contributed by atoms with Gasteiger partial charge in [0, 0.05) is 0 Å². The highest BCUT2D eigenvalue weighted by atomic mass is 14.3. The lowest BCUT2D eigenvalue weighted by atomic mass is 9.71. The molecule has 18 heavy (non-hydrogen) atoms. The molecule has 101 valence electrons. The third-order valence-corrected chi connectivity index (χ3v) is 4.60. The molecule has 0 atom stereocenters. The van der Waals surface area contributed by atoms with E-state index in [1.165, 1.54) is 29.5 Å². The zero-order valence-electron chi connectivity index (χ0n) is 13.1. The number of hydrogen-bond donors (Lipinski definition) is 0. The predicted molar refractivity (Wildman–Crippen MR) is 82.1 cm³/mol. The summed E-state index contributed by atoms with van der Waals surface area (Å²) in [6.07, 6.45) is 3.21. The van der Waals surface area contributed by atoms with Crippen LogP contribution in [0.4, 0.5) is 0 Å². The fourth-order valence-electron chi connectivity index (χ4n) is 2.28. The van der Waals surface area contributed by atoms with Gasteiger partial charge in [0.25, 0.3) is 0 Å². The van der Waals surface area contributed by atoms with Gasteiger partial charge in [0.15, 0.2) is 0 Å². The first-order valence-corrected chi connectivity index (χ1v) is 7.21. The summed E-state index contributed by atoms with van der Waals surface area (Å²) in [5.41, 5.74) is 4.86. The lowest BCUT2D eigenvalue weighted by Gasteiger charge is -2.34. The van der Waals surface area contributed by atoms with E-state index in [1.807, 2.05) is 0 Å². The van der Waals surface area contributed by atoms with Gasteiger partial charge in [-0.2, -0.15) is 0 Å². The van der Waals surface area contributed by atoms with Crippen molar-refractivity contribution in [2.24, 2.45) is 0 Å². The number of benzene rings is 1. The molecule has 0 aliphatic heterocycles. The summed E-state index contributed by atoms with van der Waals surface area (Å²) in [5.74, 6) is 0. The summed E-state index contributed by atoms with van der Waals surface area (Å²) < 4.78 is 0. The Labute approximate surface area is 114 Å². The summed E-state index contributed by atoms with van der Waals surface area (Å²) in [4.78, 5) is 0. The molecule has 0 spiro atoms. The van der Waals surface area contributed by atoms with Crippen molar-refractivity contribution in [3.05, 3.63) is 41.8 Å². The molecule has 0 aliphatic carbocycles. The van der Waals surface area contributed by atoms with E-state index in [9.17, 15) is 0 Å². The van der Waals surface area contributed by atoms with Gasteiger partial charge in [-0.25, -0.2) is 0 Å². The van der Waals surface area contributed by atoms with Crippen LogP contribution in [0.15, 0.2) is 18.2 Å². The monoisotopic (exact) mass is 245 g/mol. The second-order valence-corrected chi connectivity index (χ2v) is 6.60. The van der Waals surface area contributed by atoms with Crippen LogP contribution in [0.2, 0.25) is 0 Å². The van der Waals surface area contributed by atoms with Gasteiger partial charge >= 0.3 is 0 Å². The van der Waals surface area contributed by atoms with Crippen LogP contribution in [-0.4, -0.2) is 0 Å². The average molecular weight is 245 g/mol. The number of hydrogen-bond acceptors (Lipinski definition) is 0. The molecule has 0 fully saturated rings. The second-order valence-electron chi connectivity index (χ2n) is 6.60. The van der Waals surface area contributed by atoms with Crippen molar-refractivity contribution in [2.75, 3.05) is 0 Å². The Hall–Kier alpha value is -0.780. The van der Waals surface area contributed by atoms with E-state index < -0.39 is 0 Å². The maximum atomic E-state index is 4.02. The first-order valence-electron chi connectivity index (χ1n) is 7.21. The lowest BCUT2D eigenvalue weighted by Crippen LogP contribution is -2.25. The first-order chi connectivity index (χ1) is 8.28. The SMILES string of the molecule is [CH2]Cc1ccc(C(C)(C)CC)c(C(C)(C)CC)c1. The molecule has 0 unspecified atom stereocenters. The largest absolute Gasteiger partial charge is 0.0646 e. The maximum Gasteiger partial charge on any atom is -0.0103 e. The molecule has 0 heterocycles. The quantitative estimate of drug-likeness (QED) is 0.648. The molecule has 1 aromatic carbocycles. The molecule has 1 radical (unpaired) electrons. The summed E-state index contributed by atoms with van der Waals surface area (Å²) in [7, 11) is 0. The molecule has 0 aliphatic rings. The van der Waals surface area contributed by atoms with Crippen LogP contribution >= 0.6 is 0 Å². The zero-order chi connectivity index (χ0) is 14.0. The van der Waals surface area contributed by atoms with Gasteiger partial charge in [-0.1, -0.05) is 59.7 Å². The van der Waals surface area contributed by atoms with Crippen LogP contribution < -0.4 is 0 Å². The van der Waals surface area contributed by atoms with Crippen LogP contribution in [-0.2, 0) is 17.3 Å². The minimum atomic E-state index is 0.243. The van der Waals surface area contributed by atoms with Crippen LogP contribution in [0.25, 0.3) is 0 Å². The van der Waals surface area contributed by atoms with Crippen molar-refractivity contribution in [3.63, 3.8) is 0 Å². The van der Waals surface area contributed by atoms with Crippen molar-refractivity contribution in [1.29, 1.82) is 0 Å². The van der Waals surface area contributed by atoms with Crippen molar-refractivity contribution in [3.8, 4) is 0 Å². The van der Waals surface area contributed by atoms with Gasteiger partial charge in [0.05, 0.1) is 0 Å². The normalized spacial score (nSPS) is 12.8. The summed E-state index contributed by atoms with van der Waals surface area (Å²) >= 11 is 0. The molecule has 1 aromatic rings. The molecule has 0 aromatic heterocycles. The van der Waals surface area contributed by atoms with Crippen molar-refractivity contribution >= 4 is 0 Å². The third-order valence-electron chi connectivity index (χ3n) is 4.60. The van der Waals surface area contributed by atoms with Crippen LogP contribution in [0, 0.1) is 6.92 Å². The molecule has 1 rings (SSSR count). The van der Waals surface area contributed by atoms with Gasteiger partial charge in [0.1, 0.15) is 0 Å². The topological polar surface area (TPSA) is 0 Å². The highest BCUT2D eigenvalue weighted by Crippen LogP contribution is 2.38. The van der Waals surface area contributed by atoms with Gasteiger partial charge in [-0.3, -0.25) is 0 Å². The summed E-state index contributed by atoms with van der Waals surface area (Å²) in [6.45, 7) is 18.0. The van der Waals surface area contributed by atoms with Gasteiger partial charge in [-0.05, 0) is 53.7 Å². The van der Waals surface area contributed by atoms with E-state index in [0.29, 0.717) is 0 Å². The molecule has 0 amide bonds. The highest BCUT2D eigenvalue weighted by molar-refractivity contribution is 5.41. The van der Waals surface area contributed by atoms with Crippen molar-refractivity contribution in [2.45, 2.75) is 71.6 Å². The second kappa shape index (κ2) is 5.47. The number of rotatable bonds is 5. The highest BCUT2D eigenvalue weighted by Gasteiger charge is 2.28. The van der Waals surface area contributed by atoms with Crippen molar-refractivity contribution in [1.82, 2.24) is 0 Å². The Bertz CT molecular complexity index is 396. The van der Waals surface area contributed by atoms with E-state index >= 15 is 0 Å². The van der Waals surface area contributed by atoms with Crippen LogP contribution in [0.1, 0.15) is 71.1 Å². The van der Waals surface area contributed by atoms with Gasteiger partial charge in [-0.15, -0.1) is 0 Å². The molecular formula is C18H29. The minimum Gasteiger partial charge on any atom is -0.0646 e. The molecule has 0 heteroatoms. The van der Waals surface area contributed by atoms with Crippen LogP contribution in [0.3, 0.4) is 0 Å².